The Morgan fingerprint density at radius 3 is 2.86 bits per heavy atom. The number of nitrogen functional groups attached to an aromatic ring is 1. The molecule has 1 amide bonds. The number of fused-ring (bicyclic) bond motifs is 1. The number of carbonyl (C=O) groups excluding carboxylic acids is 1. The first-order valence-electron chi connectivity index (χ1n) is 6.39. The Morgan fingerprint density at radius 2 is 2.14 bits per heavy atom. The molecule has 6 heteroatoms. The van der Waals surface area contributed by atoms with Crippen LogP contribution in [0.4, 0.5) is 27.1 Å². The van der Waals surface area contributed by atoms with Gasteiger partial charge in [0.15, 0.2) is 11.6 Å². The van der Waals surface area contributed by atoms with Gasteiger partial charge < -0.3 is 21.1 Å². The van der Waals surface area contributed by atoms with Crippen molar-refractivity contribution in [1.82, 2.24) is 0 Å². The van der Waals surface area contributed by atoms with Gasteiger partial charge in [0.2, 0.25) is 5.91 Å². The largest absolute Gasteiger partial charge is 0.494 e. The molecule has 5 nitrogen and oxygen atoms in total. The number of hydrogen-bond donors (Lipinski definition) is 3. The molecule has 0 saturated carbocycles. The summed E-state index contributed by atoms with van der Waals surface area (Å²) in [5.74, 6) is -0.345. The summed E-state index contributed by atoms with van der Waals surface area (Å²) < 4.78 is 18.5. The molecule has 3 rings (SSSR count). The highest BCUT2D eigenvalue weighted by Crippen LogP contribution is 2.33. The van der Waals surface area contributed by atoms with Crippen molar-refractivity contribution in [1.29, 1.82) is 0 Å². The summed E-state index contributed by atoms with van der Waals surface area (Å²) in [5.41, 5.74) is 9.21. The van der Waals surface area contributed by atoms with E-state index in [-0.39, 0.29) is 11.7 Å². The number of benzene rings is 2. The van der Waals surface area contributed by atoms with Crippen molar-refractivity contribution in [2.24, 2.45) is 0 Å². The molecular formula is C15H14FN3O2. The van der Waals surface area contributed by atoms with Crippen molar-refractivity contribution < 1.29 is 13.9 Å². The van der Waals surface area contributed by atoms with Crippen LogP contribution in [0.25, 0.3) is 0 Å². The third kappa shape index (κ3) is 2.47. The standard InChI is InChI=1S/C15H14FN3O2/c1-21-14-3-2-9(6-10(14)16)18-13-7-12-8(4-11(13)17)5-15(20)19-12/h2-4,6-7,18H,5,17H2,1H3,(H,19,20). The fourth-order valence-electron chi connectivity index (χ4n) is 2.30. The molecular weight excluding hydrogens is 273 g/mol. The molecule has 2 aromatic carbocycles. The molecule has 0 aromatic heterocycles. The first kappa shape index (κ1) is 13.2. The Morgan fingerprint density at radius 1 is 1.33 bits per heavy atom. The number of ether oxygens (including phenoxy) is 1. The molecule has 0 saturated heterocycles. The molecule has 0 aliphatic carbocycles. The zero-order chi connectivity index (χ0) is 15.0. The number of rotatable bonds is 3. The maximum Gasteiger partial charge on any atom is 0.228 e. The predicted octanol–water partition coefficient (Wildman–Crippen LogP) is 2.65. The number of amides is 1. The SMILES string of the molecule is COc1ccc(Nc2cc3c(cc2N)CC(=O)N3)cc1F. The Bertz CT molecular complexity index is 731. The van der Waals surface area contributed by atoms with Gasteiger partial charge in [0.25, 0.3) is 0 Å². The van der Waals surface area contributed by atoms with E-state index >= 15 is 0 Å². The van der Waals surface area contributed by atoms with Crippen molar-refractivity contribution >= 4 is 28.7 Å². The lowest BCUT2D eigenvalue weighted by Crippen LogP contribution is -2.03. The highest BCUT2D eigenvalue weighted by Gasteiger charge is 2.19. The van der Waals surface area contributed by atoms with Crippen molar-refractivity contribution in [2.45, 2.75) is 6.42 Å². The molecule has 1 aliphatic heterocycles. The molecule has 4 N–H and O–H groups in total. The minimum atomic E-state index is -0.462. The van der Waals surface area contributed by atoms with Gasteiger partial charge in [0.1, 0.15) is 0 Å². The second-order valence-electron chi connectivity index (χ2n) is 4.80. The molecule has 0 fully saturated rings. The van der Waals surface area contributed by atoms with E-state index in [1.54, 1.807) is 18.2 Å². The first-order valence-corrected chi connectivity index (χ1v) is 6.39. The quantitative estimate of drug-likeness (QED) is 0.759. The predicted molar refractivity (Wildman–Crippen MR) is 79.4 cm³/mol. The Hall–Kier alpha value is -2.76. The summed E-state index contributed by atoms with van der Waals surface area (Å²) in [4.78, 5) is 11.4. The van der Waals surface area contributed by atoms with Crippen LogP contribution >= 0.6 is 0 Å². The fourth-order valence-corrected chi connectivity index (χ4v) is 2.30. The van der Waals surface area contributed by atoms with E-state index in [0.29, 0.717) is 23.5 Å². The third-order valence-electron chi connectivity index (χ3n) is 3.33. The number of methoxy groups -OCH3 is 1. The topological polar surface area (TPSA) is 76.4 Å². The van der Waals surface area contributed by atoms with Crippen LogP contribution in [0.1, 0.15) is 5.56 Å². The van der Waals surface area contributed by atoms with Gasteiger partial charge in [-0.25, -0.2) is 4.39 Å². The number of anilines is 4. The molecule has 0 radical (unpaired) electrons. The molecule has 0 bridgehead atoms. The smallest absolute Gasteiger partial charge is 0.228 e. The molecule has 0 atom stereocenters. The highest BCUT2D eigenvalue weighted by atomic mass is 19.1. The van der Waals surface area contributed by atoms with Crippen LogP contribution in [0, 0.1) is 5.82 Å². The molecule has 108 valence electrons. The van der Waals surface area contributed by atoms with Gasteiger partial charge in [0, 0.05) is 17.4 Å². The minimum Gasteiger partial charge on any atom is -0.494 e. The summed E-state index contributed by atoms with van der Waals surface area (Å²) in [5, 5.41) is 5.79. The highest BCUT2D eigenvalue weighted by molar-refractivity contribution is 6.01. The average molecular weight is 287 g/mol. The van der Waals surface area contributed by atoms with Gasteiger partial charge in [0.05, 0.1) is 24.9 Å². The lowest BCUT2D eigenvalue weighted by molar-refractivity contribution is -0.115. The van der Waals surface area contributed by atoms with E-state index in [2.05, 4.69) is 10.6 Å². The Labute approximate surface area is 120 Å². The minimum absolute atomic E-state index is 0.0583. The number of halogens is 1. The number of carbonyl (C=O) groups is 1. The second kappa shape index (κ2) is 4.97. The summed E-state index contributed by atoms with van der Waals surface area (Å²) in [6, 6.07) is 8.04. The Kier molecular flexibility index (Phi) is 3.13. The monoisotopic (exact) mass is 287 g/mol. The van der Waals surface area contributed by atoms with E-state index in [1.165, 1.54) is 19.2 Å². The molecule has 21 heavy (non-hydrogen) atoms. The van der Waals surface area contributed by atoms with E-state index < -0.39 is 5.82 Å². The van der Waals surface area contributed by atoms with Crippen molar-refractivity contribution in [3.63, 3.8) is 0 Å². The van der Waals surface area contributed by atoms with E-state index in [9.17, 15) is 9.18 Å². The zero-order valence-electron chi connectivity index (χ0n) is 11.4. The van der Waals surface area contributed by atoms with Crippen LogP contribution in [-0.2, 0) is 11.2 Å². The molecule has 0 unspecified atom stereocenters. The first-order chi connectivity index (χ1) is 10.1. The second-order valence-corrected chi connectivity index (χ2v) is 4.80. The van der Waals surface area contributed by atoms with Gasteiger partial charge in [-0.3, -0.25) is 4.79 Å². The van der Waals surface area contributed by atoms with Crippen molar-refractivity contribution in [3.8, 4) is 5.75 Å². The summed E-state index contributed by atoms with van der Waals surface area (Å²) in [6.45, 7) is 0. The van der Waals surface area contributed by atoms with E-state index in [1.807, 2.05) is 0 Å². The lowest BCUT2D eigenvalue weighted by Gasteiger charge is -2.12. The number of hydrogen-bond acceptors (Lipinski definition) is 4. The van der Waals surface area contributed by atoms with Gasteiger partial charge in [-0.05, 0) is 29.8 Å². The lowest BCUT2D eigenvalue weighted by atomic mass is 10.1. The van der Waals surface area contributed by atoms with Gasteiger partial charge >= 0.3 is 0 Å². The van der Waals surface area contributed by atoms with Gasteiger partial charge in [-0.1, -0.05) is 0 Å². The fraction of sp³-hybridized carbons (Fsp3) is 0.133. The van der Waals surface area contributed by atoms with Crippen LogP contribution < -0.4 is 21.1 Å². The average Bonchev–Trinajstić information content (AvgIpc) is 2.78. The summed E-state index contributed by atoms with van der Waals surface area (Å²) in [6.07, 6.45) is 0.330. The maximum absolute atomic E-state index is 13.7. The van der Waals surface area contributed by atoms with E-state index in [0.717, 1.165) is 11.3 Å². The normalized spacial score (nSPS) is 12.8. The van der Waals surface area contributed by atoms with Crippen LogP contribution in [0.5, 0.6) is 5.75 Å². The summed E-state index contributed by atoms with van der Waals surface area (Å²) >= 11 is 0. The van der Waals surface area contributed by atoms with Crippen LogP contribution in [0.15, 0.2) is 30.3 Å². The maximum atomic E-state index is 13.7. The number of nitrogens with two attached hydrogens (primary N) is 1. The van der Waals surface area contributed by atoms with Gasteiger partial charge in [-0.2, -0.15) is 0 Å². The zero-order valence-corrected chi connectivity index (χ0v) is 11.4. The van der Waals surface area contributed by atoms with E-state index in [4.69, 9.17) is 10.5 Å². The van der Waals surface area contributed by atoms with Crippen molar-refractivity contribution in [2.75, 3.05) is 23.5 Å². The molecule has 1 heterocycles. The van der Waals surface area contributed by atoms with Gasteiger partial charge in [-0.15, -0.1) is 0 Å². The Balaban J connectivity index is 1.90. The van der Waals surface area contributed by atoms with Crippen LogP contribution in [0.3, 0.4) is 0 Å². The number of nitrogens with one attached hydrogen (secondary N) is 2. The molecule has 1 aliphatic rings. The molecule has 0 spiro atoms. The van der Waals surface area contributed by atoms with Crippen LogP contribution in [-0.4, -0.2) is 13.0 Å². The van der Waals surface area contributed by atoms with Crippen LogP contribution in [0.2, 0.25) is 0 Å². The van der Waals surface area contributed by atoms with Crippen molar-refractivity contribution in [3.05, 3.63) is 41.7 Å². The molecule has 2 aromatic rings. The summed E-state index contributed by atoms with van der Waals surface area (Å²) in [7, 11) is 1.41. The third-order valence-corrected chi connectivity index (χ3v) is 3.33.